The predicted molar refractivity (Wildman–Crippen MR) is 198 cm³/mol. The van der Waals surface area contributed by atoms with Crippen LogP contribution in [0.3, 0.4) is 0 Å². The Hall–Kier alpha value is -4.75. The molecule has 0 aliphatic carbocycles. The maximum absolute atomic E-state index is 14.0. The standard InChI is InChI=1S/C39H46N4O7S/c1-27(29-14-9-6-10-15-29)41-37(45)30-21-31(23-33(22-30)43(2)51(4,47)48)38(46)42-35(20-28-12-7-5-8-13-28)36(44)25-40-39(18-19-50-26-39)32-16-11-17-34(24-32)49-3/h5-17,21-24,27,35-36,40,44H,18-20,25-26H2,1-4H3,(H,41,45)(H,42,46)/t27-,35+,36-,39?/m1/s1. The SMILES string of the molecule is COc1cccc(C2(NC[C@@H](O)[C@H](Cc3ccccc3)NC(=O)c3cc(C(=O)N[C@H](C)c4ccccc4)cc(N(C)S(C)(=O)=O)c3)CCOC2)c1. The van der Waals surface area contributed by atoms with Gasteiger partial charge in [-0.25, -0.2) is 8.42 Å². The van der Waals surface area contributed by atoms with Crippen LogP contribution < -0.4 is 25.0 Å². The molecule has 1 aliphatic rings. The van der Waals surface area contributed by atoms with Crippen LogP contribution in [0, 0.1) is 0 Å². The molecule has 0 aromatic heterocycles. The molecule has 4 N–H and O–H groups in total. The summed E-state index contributed by atoms with van der Waals surface area (Å²) in [5.74, 6) is -0.340. The lowest BCUT2D eigenvalue weighted by Crippen LogP contribution is -2.53. The summed E-state index contributed by atoms with van der Waals surface area (Å²) in [6, 6.07) is 29.8. The minimum atomic E-state index is -3.73. The number of benzene rings is 4. The Morgan fingerprint density at radius 3 is 2.18 bits per heavy atom. The molecular weight excluding hydrogens is 669 g/mol. The van der Waals surface area contributed by atoms with Gasteiger partial charge in [0.2, 0.25) is 10.0 Å². The van der Waals surface area contributed by atoms with Crippen molar-refractivity contribution in [2.75, 3.05) is 44.5 Å². The van der Waals surface area contributed by atoms with Crippen LogP contribution in [-0.4, -0.2) is 77.7 Å². The number of ether oxygens (including phenoxy) is 2. The van der Waals surface area contributed by atoms with E-state index in [1.165, 1.54) is 25.2 Å². The van der Waals surface area contributed by atoms with Crippen molar-refractivity contribution in [3.05, 3.63) is 131 Å². The summed E-state index contributed by atoms with van der Waals surface area (Å²) < 4.78 is 37.4. The Morgan fingerprint density at radius 2 is 1.57 bits per heavy atom. The molecule has 4 aromatic carbocycles. The van der Waals surface area contributed by atoms with Crippen molar-refractivity contribution < 1.29 is 32.6 Å². The average molecular weight is 715 g/mol. The number of hydrogen-bond donors (Lipinski definition) is 4. The molecule has 51 heavy (non-hydrogen) atoms. The van der Waals surface area contributed by atoms with E-state index in [1.54, 1.807) is 7.11 Å². The molecule has 4 atom stereocenters. The van der Waals surface area contributed by atoms with E-state index in [1.807, 2.05) is 91.9 Å². The van der Waals surface area contributed by atoms with Gasteiger partial charge in [-0.05, 0) is 66.8 Å². The van der Waals surface area contributed by atoms with Crippen LogP contribution in [0.25, 0.3) is 0 Å². The van der Waals surface area contributed by atoms with Crippen LogP contribution in [0.4, 0.5) is 5.69 Å². The lowest BCUT2D eigenvalue weighted by molar-refractivity contribution is 0.0795. The van der Waals surface area contributed by atoms with E-state index in [0.717, 1.165) is 27.3 Å². The fraction of sp³-hybridized carbons (Fsp3) is 0.333. The first-order valence-corrected chi connectivity index (χ1v) is 18.7. The molecule has 1 unspecified atom stereocenters. The van der Waals surface area contributed by atoms with E-state index in [0.29, 0.717) is 31.8 Å². The van der Waals surface area contributed by atoms with Crippen LogP contribution in [-0.2, 0) is 26.7 Å². The van der Waals surface area contributed by atoms with Gasteiger partial charge in [0.1, 0.15) is 5.75 Å². The highest BCUT2D eigenvalue weighted by atomic mass is 32.2. The number of sulfonamides is 1. The quantitative estimate of drug-likeness (QED) is 0.144. The summed E-state index contributed by atoms with van der Waals surface area (Å²) in [7, 11) is -0.757. The number of carbonyl (C=O) groups excluding carboxylic acids is 2. The van der Waals surface area contributed by atoms with Crippen LogP contribution in [0.2, 0.25) is 0 Å². The second-order valence-electron chi connectivity index (χ2n) is 12.9. The van der Waals surface area contributed by atoms with Gasteiger partial charge in [0.25, 0.3) is 11.8 Å². The van der Waals surface area contributed by atoms with Gasteiger partial charge in [-0.2, -0.15) is 0 Å². The summed E-state index contributed by atoms with van der Waals surface area (Å²) in [4.78, 5) is 27.6. The third-order valence-corrected chi connectivity index (χ3v) is 10.5. The Bertz CT molecular complexity index is 1900. The molecule has 270 valence electrons. The second-order valence-corrected chi connectivity index (χ2v) is 15.0. The van der Waals surface area contributed by atoms with Gasteiger partial charge >= 0.3 is 0 Å². The van der Waals surface area contributed by atoms with Gasteiger partial charge in [0, 0.05) is 31.3 Å². The number of amides is 2. The van der Waals surface area contributed by atoms with Crippen molar-refractivity contribution in [1.29, 1.82) is 0 Å². The number of nitrogens with one attached hydrogen (secondary N) is 3. The largest absolute Gasteiger partial charge is 0.497 e. The third kappa shape index (κ3) is 9.53. The predicted octanol–water partition coefficient (Wildman–Crippen LogP) is 4.19. The molecule has 1 fully saturated rings. The van der Waals surface area contributed by atoms with Crippen molar-refractivity contribution in [2.45, 2.75) is 43.5 Å². The average Bonchev–Trinajstić information content (AvgIpc) is 3.63. The maximum Gasteiger partial charge on any atom is 0.251 e. The fourth-order valence-corrected chi connectivity index (χ4v) is 6.64. The van der Waals surface area contributed by atoms with Gasteiger partial charge in [-0.3, -0.25) is 13.9 Å². The van der Waals surface area contributed by atoms with E-state index in [4.69, 9.17) is 9.47 Å². The van der Waals surface area contributed by atoms with Crippen LogP contribution in [0.15, 0.2) is 103 Å². The highest BCUT2D eigenvalue weighted by Crippen LogP contribution is 2.32. The fourth-order valence-electron chi connectivity index (χ4n) is 6.15. The summed E-state index contributed by atoms with van der Waals surface area (Å²) in [6.07, 6.45) is 0.984. The minimum Gasteiger partial charge on any atom is -0.497 e. The van der Waals surface area contributed by atoms with Crippen LogP contribution >= 0.6 is 0 Å². The first-order valence-electron chi connectivity index (χ1n) is 16.8. The lowest BCUT2D eigenvalue weighted by atomic mass is 9.88. The molecule has 4 aromatic rings. The molecule has 12 heteroatoms. The number of anilines is 1. The van der Waals surface area contributed by atoms with E-state index in [9.17, 15) is 23.1 Å². The molecule has 1 heterocycles. The van der Waals surface area contributed by atoms with E-state index in [-0.39, 0.29) is 29.4 Å². The molecule has 2 amide bonds. The number of hydrogen-bond acceptors (Lipinski definition) is 8. The first kappa shape index (κ1) is 37.5. The molecule has 0 radical (unpaired) electrons. The number of aliphatic hydroxyl groups excluding tert-OH is 1. The van der Waals surface area contributed by atoms with Crippen molar-refractivity contribution in [3.8, 4) is 5.75 Å². The summed E-state index contributed by atoms with van der Waals surface area (Å²) >= 11 is 0. The number of nitrogens with zero attached hydrogens (tertiary/aromatic N) is 1. The number of rotatable bonds is 15. The van der Waals surface area contributed by atoms with Gasteiger partial charge < -0.3 is 30.5 Å². The van der Waals surface area contributed by atoms with Gasteiger partial charge in [-0.1, -0.05) is 72.8 Å². The Balaban J connectivity index is 1.42. The smallest absolute Gasteiger partial charge is 0.251 e. The van der Waals surface area contributed by atoms with E-state index < -0.39 is 39.5 Å². The Morgan fingerprint density at radius 1 is 0.922 bits per heavy atom. The van der Waals surface area contributed by atoms with E-state index in [2.05, 4.69) is 16.0 Å². The first-order chi connectivity index (χ1) is 24.4. The third-order valence-electron chi connectivity index (χ3n) is 9.32. The van der Waals surface area contributed by atoms with Crippen molar-refractivity contribution in [1.82, 2.24) is 16.0 Å². The zero-order valence-electron chi connectivity index (χ0n) is 29.3. The van der Waals surface area contributed by atoms with Crippen LogP contribution in [0.5, 0.6) is 5.75 Å². The van der Waals surface area contributed by atoms with Crippen molar-refractivity contribution in [3.63, 3.8) is 0 Å². The molecule has 1 saturated heterocycles. The van der Waals surface area contributed by atoms with Gasteiger partial charge in [-0.15, -0.1) is 0 Å². The zero-order chi connectivity index (χ0) is 36.6. The molecule has 0 bridgehead atoms. The number of carbonyl (C=O) groups is 2. The highest BCUT2D eigenvalue weighted by Gasteiger charge is 2.38. The van der Waals surface area contributed by atoms with Crippen LogP contribution in [0.1, 0.15) is 56.8 Å². The monoisotopic (exact) mass is 714 g/mol. The maximum atomic E-state index is 14.0. The second kappa shape index (κ2) is 16.5. The molecule has 11 nitrogen and oxygen atoms in total. The molecule has 5 rings (SSSR count). The Kier molecular flexibility index (Phi) is 12.1. The van der Waals surface area contributed by atoms with Crippen molar-refractivity contribution in [2.24, 2.45) is 0 Å². The number of methoxy groups -OCH3 is 1. The minimum absolute atomic E-state index is 0.0655. The summed E-state index contributed by atoms with van der Waals surface area (Å²) in [5.41, 5.74) is 2.50. The summed E-state index contributed by atoms with van der Waals surface area (Å²) in [5, 5.41) is 21.1. The van der Waals surface area contributed by atoms with Crippen molar-refractivity contribution >= 4 is 27.5 Å². The summed E-state index contributed by atoms with van der Waals surface area (Å²) in [6.45, 7) is 2.91. The van der Waals surface area contributed by atoms with E-state index >= 15 is 0 Å². The normalized spacial score (nSPS) is 17.6. The molecular formula is C39H46N4O7S. The molecule has 1 aliphatic heterocycles. The topological polar surface area (TPSA) is 146 Å². The Labute approximate surface area is 300 Å². The zero-order valence-corrected chi connectivity index (χ0v) is 30.2. The van der Waals surface area contributed by atoms with Gasteiger partial charge in [0.05, 0.1) is 49.4 Å². The lowest BCUT2D eigenvalue weighted by Gasteiger charge is -2.33. The number of aliphatic hydroxyl groups is 1. The highest BCUT2D eigenvalue weighted by molar-refractivity contribution is 7.92. The van der Waals surface area contributed by atoms with Gasteiger partial charge in [0.15, 0.2) is 0 Å². The molecule has 0 spiro atoms. The molecule has 0 saturated carbocycles.